The van der Waals surface area contributed by atoms with E-state index in [9.17, 15) is 4.79 Å². The van der Waals surface area contributed by atoms with Crippen LogP contribution in [0, 0.1) is 0 Å². The topological polar surface area (TPSA) is 45.2 Å². The van der Waals surface area contributed by atoms with Crippen LogP contribution >= 0.6 is 11.6 Å². The van der Waals surface area contributed by atoms with E-state index in [1.54, 1.807) is 12.1 Å². The Morgan fingerprint density at radius 1 is 1.61 bits per heavy atom. The number of hydrogen-bond acceptors (Lipinski definition) is 3. The molecular formula is C13H18ClN3O. The fraction of sp³-hybridized carbons (Fsp3) is 0.538. The van der Waals surface area contributed by atoms with Gasteiger partial charge in [0, 0.05) is 25.3 Å². The maximum Gasteiger partial charge on any atom is 0.272 e. The molecule has 1 aromatic rings. The van der Waals surface area contributed by atoms with Gasteiger partial charge in [-0.3, -0.25) is 4.79 Å². The lowest BCUT2D eigenvalue weighted by Gasteiger charge is -2.27. The van der Waals surface area contributed by atoms with Gasteiger partial charge in [0.1, 0.15) is 5.69 Å². The summed E-state index contributed by atoms with van der Waals surface area (Å²) < 4.78 is 0. The molecule has 18 heavy (non-hydrogen) atoms. The first kappa shape index (κ1) is 13.3. The van der Waals surface area contributed by atoms with Gasteiger partial charge in [0.15, 0.2) is 0 Å². The molecule has 1 fully saturated rings. The molecule has 0 radical (unpaired) electrons. The first-order valence-corrected chi connectivity index (χ1v) is 6.73. The third-order valence-corrected chi connectivity index (χ3v) is 3.37. The van der Waals surface area contributed by atoms with E-state index in [4.69, 9.17) is 11.6 Å². The second-order valence-electron chi connectivity index (χ2n) is 4.51. The monoisotopic (exact) mass is 267 g/mol. The van der Waals surface area contributed by atoms with Crippen molar-refractivity contribution in [1.82, 2.24) is 15.2 Å². The van der Waals surface area contributed by atoms with Crippen LogP contribution in [0.25, 0.3) is 0 Å². The molecule has 1 saturated heterocycles. The van der Waals surface area contributed by atoms with Gasteiger partial charge in [-0.05, 0) is 31.5 Å². The number of hydrogen-bond donors (Lipinski definition) is 1. The van der Waals surface area contributed by atoms with Crippen molar-refractivity contribution in [3.63, 3.8) is 0 Å². The van der Waals surface area contributed by atoms with Gasteiger partial charge in [-0.15, -0.1) is 0 Å². The minimum Gasteiger partial charge on any atom is -0.333 e. The SMILES string of the molecule is CCCN(C(=O)c1ccc(Cl)cn1)C1CCNC1. The largest absolute Gasteiger partial charge is 0.333 e. The Labute approximate surface area is 112 Å². The van der Waals surface area contributed by atoms with Gasteiger partial charge >= 0.3 is 0 Å². The number of nitrogens with zero attached hydrogens (tertiary/aromatic N) is 2. The van der Waals surface area contributed by atoms with E-state index in [0.717, 1.165) is 32.5 Å². The Kier molecular flexibility index (Phi) is 4.55. The maximum atomic E-state index is 12.4. The highest BCUT2D eigenvalue weighted by Crippen LogP contribution is 2.14. The second kappa shape index (κ2) is 6.16. The molecule has 4 nitrogen and oxygen atoms in total. The van der Waals surface area contributed by atoms with Crippen LogP contribution in [-0.4, -0.2) is 41.5 Å². The van der Waals surface area contributed by atoms with Crippen LogP contribution < -0.4 is 5.32 Å². The zero-order valence-corrected chi connectivity index (χ0v) is 11.3. The van der Waals surface area contributed by atoms with E-state index in [1.807, 2.05) is 4.90 Å². The first-order valence-electron chi connectivity index (χ1n) is 6.35. The predicted octanol–water partition coefficient (Wildman–Crippen LogP) is 1.95. The molecule has 5 heteroatoms. The Bertz CT molecular complexity index is 401. The van der Waals surface area contributed by atoms with Crippen molar-refractivity contribution in [2.45, 2.75) is 25.8 Å². The summed E-state index contributed by atoms with van der Waals surface area (Å²) in [4.78, 5) is 18.5. The summed E-state index contributed by atoms with van der Waals surface area (Å²) in [6, 6.07) is 3.68. The van der Waals surface area contributed by atoms with Gasteiger partial charge in [-0.1, -0.05) is 18.5 Å². The maximum absolute atomic E-state index is 12.4. The standard InChI is InChI=1S/C13H18ClN3O/c1-2-7-17(11-5-6-15-9-11)13(18)12-4-3-10(14)8-16-12/h3-4,8,11,15H,2,5-7,9H2,1H3. The molecule has 1 unspecified atom stereocenters. The minimum atomic E-state index is 0.00205. The Balaban J connectivity index is 2.14. The van der Waals surface area contributed by atoms with Gasteiger partial charge in [0.25, 0.3) is 5.91 Å². The summed E-state index contributed by atoms with van der Waals surface area (Å²) in [5, 5.41) is 3.84. The zero-order chi connectivity index (χ0) is 13.0. The molecule has 1 aliphatic heterocycles. The Hall–Kier alpha value is -1.13. The van der Waals surface area contributed by atoms with Crippen molar-refractivity contribution in [1.29, 1.82) is 0 Å². The molecule has 98 valence electrons. The van der Waals surface area contributed by atoms with E-state index >= 15 is 0 Å². The molecule has 2 rings (SSSR count). The van der Waals surface area contributed by atoms with Gasteiger partial charge < -0.3 is 10.2 Å². The molecule has 1 N–H and O–H groups in total. The van der Waals surface area contributed by atoms with Crippen LogP contribution in [0.1, 0.15) is 30.3 Å². The number of halogens is 1. The van der Waals surface area contributed by atoms with Crippen molar-refractivity contribution in [3.8, 4) is 0 Å². The van der Waals surface area contributed by atoms with E-state index in [0.29, 0.717) is 10.7 Å². The second-order valence-corrected chi connectivity index (χ2v) is 4.94. The van der Waals surface area contributed by atoms with E-state index in [1.165, 1.54) is 6.20 Å². The molecule has 1 aromatic heterocycles. The number of amides is 1. The third-order valence-electron chi connectivity index (χ3n) is 3.15. The van der Waals surface area contributed by atoms with Crippen molar-refractivity contribution in [2.75, 3.05) is 19.6 Å². The molecule has 2 heterocycles. The quantitative estimate of drug-likeness (QED) is 0.907. The smallest absolute Gasteiger partial charge is 0.272 e. The predicted molar refractivity (Wildman–Crippen MR) is 71.8 cm³/mol. The molecule has 0 bridgehead atoms. The third kappa shape index (κ3) is 3.00. The zero-order valence-electron chi connectivity index (χ0n) is 10.5. The van der Waals surface area contributed by atoms with Crippen molar-refractivity contribution >= 4 is 17.5 Å². The number of carbonyl (C=O) groups is 1. The number of aromatic nitrogens is 1. The first-order chi connectivity index (χ1) is 8.72. The molecule has 0 saturated carbocycles. The highest BCUT2D eigenvalue weighted by Gasteiger charge is 2.27. The van der Waals surface area contributed by atoms with Crippen molar-refractivity contribution in [2.24, 2.45) is 0 Å². The average Bonchev–Trinajstić information content (AvgIpc) is 2.90. The lowest BCUT2D eigenvalue weighted by Crippen LogP contribution is -2.42. The number of carbonyl (C=O) groups excluding carboxylic acids is 1. The lowest BCUT2D eigenvalue weighted by molar-refractivity contribution is 0.0686. The van der Waals surface area contributed by atoms with Crippen LogP contribution in [0.3, 0.4) is 0 Å². The van der Waals surface area contributed by atoms with Crippen molar-refractivity contribution in [3.05, 3.63) is 29.0 Å². The minimum absolute atomic E-state index is 0.00205. The van der Waals surface area contributed by atoms with Crippen LogP contribution in [0.5, 0.6) is 0 Å². The molecular weight excluding hydrogens is 250 g/mol. The summed E-state index contributed by atoms with van der Waals surface area (Å²) in [7, 11) is 0. The molecule has 1 atom stereocenters. The normalized spacial score (nSPS) is 18.9. The lowest BCUT2D eigenvalue weighted by atomic mass is 10.2. The van der Waals surface area contributed by atoms with Gasteiger partial charge in [0.05, 0.1) is 5.02 Å². The number of pyridine rings is 1. The summed E-state index contributed by atoms with van der Waals surface area (Å²) in [5.41, 5.74) is 0.472. The van der Waals surface area contributed by atoms with Gasteiger partial charge in [-0.25, -0.2) is 4.98 Å². The van der Waals surface area contributed by atoms with Crippen molar-refractivity contribution < 1.29 is 4.79 Å². The highest BCUT2D eigenvalue weighted by atomic mass is 35.5. The van der Waals surface area contributed by atoms with Crippen LogP contribution in [-0.2, 0) is 0 Å². The van der Waals surface area contributed by atoms with Crippen LogP contribution in [0.2, 0.25) is 5.02 Å². The fourth-order valence-electron chi connectivity index (χ4n) is 2.25. The van der Waals surface area contributed by atoms with E-state index in [-0.39, 0.29) is 11.9 Å². The molecule has 1 amide bonds. The molecule has 1 aliphatic rings. The summed E-state index contributed by atoms with van der Waals surface area (Å²) in [5.74, 6) is 0.00205. The number of rotatable bonds is 4. The summed E-state index contributed by atoms with van der Waals surface area (Å²) >= 11 is 5.79. The average molecular weight is 268 g/mol. The Morgan fingerprint density at radius 3 is 3.00 bits per heavy atom. The molecule has 0 aromatic carbocycles. The van der Waals surface area contributed by atoms with Gasteiger partial charge in [-0.2, -0.15) is 0 Å². The fourth-order valence-corrected chi connectivity index (χ4v) is 2.36. The van der Waals surface area contributed by atoms with Crippen LogP contribution in [0.4, 0.5) is 0 Å². The highest BCUT2D eigenvalue weighted by molar-refractivity contribution is 6.30. The Morgan fingerprint density at radius 2 is 2.44 bits per heavy atom. The van der Waals surface area contributed by atoms with Crippen LogP contribution in [0.15, 0.2) is 18.3 Å². The number of nitrogens with one attached hydrogen (secondary N) is 1. The van der Waals surface area contributed by atoms with E-state index in [2.05, 4.69) is 17.2 Å². The molecule has 0 spiro atoms. The summed E-state index contributed by atoms with van der Waals surface area (Å²) in [6.45, 7) is 4.71. The van der Waals surface area contributed by atoms with Gasteiger partial charge in [0.2, 0.25) is 0 Å². The summed E-state index contributed by atoms with van der Waals surface area (Å²) in [6.07, 6.45) is 3.49. The van der Waals surface area contributed by atoms with E-state index < -0.39 is 0 Å². The molecule has 0 aliphatic carbocycles.